The lowest BCUT2D eigenvalue weighted by Crippen LogP contribution is -2.30. The molecule has 2 heterocycles. The lowest BCUT2D eigenvalue weighted by molar-refractivity contribution is -0.115. The van der Waals surface area contributed by atoms with Crippen LogP contribution < -0.4 is 21.3 Å². The number of carbonyl (C=O) groups excluding carboxylic acids is 4. The quantitative estimate of drug-likeness (QED) is 0.550. The first-order valence-corrected chi connectivity index (χ1v) is 8.91. The molecule has 4 rings (SSSR count). The van der Waals surface area contributed by atoms with Crippen LogP contribution in [0, 0.1) is 0 Å². The number of carbonyl (C=O) groups is 4. The predicted octanol–water partition coefficient (Wildman–Crippen LogP) is 1.28. The summed E-state index contributed by atoms with van der Waals surface area (Å²) in [6.45, 7) is -0.101. The summed E-state index contributed by atoms with van der Waals surface area (Å²) in [4.78, 5) is 49.2. The van der Waals surface area contributed by atoms with E-state index < -0.39 is 23.8 Å². The molecule has 0 atom stereocenters. The van der Waals surface area contributed by atoms with Crippen molar-refractivity contribution in [1.82, 2.24) is 15.1 Å². The Morgan fingerprint density at radius 1 is 1.03 bits per heavy atom. The number of rotatable bonds is 5. The van der Waals surface area contributed by atoms with E-state index in [-0.39, 0.29) is 29.2 Å². The smallest absolute Gasteiger partial charge is 0.329 e. The van der Waals surface area contributed by atoms with Gasteiger partial charge in [0.25, 0.3) is 17.7 Å². The van der Waals surface area contributed by atoms with Crippen LogP contribution >= 0.6 is 0 Å². The van der Waals surface area contributed by atoms with Gasteiger partial charge in [0.15, 0.2) is 5.69 Å². The minimum absolute atomic E-state index is 0.0996. The maximum Gasteiger partial charge on any atom is 0.329 e. The van der Waals surface area contributed by atoms with Crippen molar-refractivity contribution in [2.24, 2.45) is 5.73 Å². The van der Waals surface area contributed by atoms with Gasteiger partial charge in [-0.1, -0.05) is 24.3 Å². The van der Waals surface area contributed by atoms with Crippen LogP contribution in [0.4, 0.5) is 16.2 Å². The molecule has 0 bridgehead atoms. The van der Waals surface area contributed by atoms with Crippen molar-refractivity contribution in [1.29, 1.82) is 0 Å². The van der Waals surface area contributed by atoms with E-state index in [1.807, 2.05) is 6.07 Å². The van der Waals surface area contributed by atoms with Crippen molar-refractivity contribution in [2.75, 3.05) is 16.8 Å². The molecule has 0 aliphatic carbocycles. The Morgan fingerprint density at radius 3 is 2.43 bits per heavy atom. The number of hydrogen-bond donors (Lipinski definition) is 3. The second-order valence-electron chi connectivity index (χ2n) is 6.43. The summed E-state index contributed by atoms with van der Waals surface area (Å²) in [5.41, 5.74) is 6.57. The Labute approximate surface area is 170 Å². The Morgan fingerprint density at radius 2 is 1.77 bits per heavy atom. The summed E-state index contributed by atoms with van der Waals surface area (Å²) in [5.74, 6) is -1.77. The molecule has 150 valence electrons. The minimum atomic E-state index is -0.798. The molecule has 0 spiro atoms. The Balaban J connectivity index is 1.62. The van der Waals surface area contributed by atoms with Crippen LogP contribution in [-0.4, -0.2) is 40.1 Å². The average molecular weight is 404 g/mol. The number of nitrogens with zero attached hydrogens (tertiary/aromatic N) is 3. The van der Waals surface area contributed by atoms with Crippen molar-refractivity contribution >= 4 is 35.1 Å². The third kappa shape index (κ3) is 3.49. The first-order valence-electron chi connectivity index (χ1n) is 8.91. The molecule has 1 fully saturated rings. The number of imide groups is 1. The number of amides is 5. The SMILES string of the molecule is NC(=O)c1nn(-c2ccccc2)cc1NC(=O)c1cccc(N2C(=O)CNC2=O)c1. The standard InChI is InChI=1S/C20H16N6O4/c21-18(28)17-15(11-25(24-17)13-6-2-1-3-7-13)23-19(29)12-5-4-8-14(9-12)26-16(27)10-22-20(26)30/h1-9,11H,10H2,(H2,21,28)(H,22,30)(H,23,29). The van der Waals surface area contributed by atoms with E-state index >= 15 is 0 Å². The van der Waals surface area contributed by atoms with Crippen LogP contribution in [-0.2, 0) is 4.79 Å². The van der Waals surface area contributed by atoms with E-state index in [1.165, 1.54) is 23.0 Å². The van der Waals surface area contributed by atoms with Crippen molar-refractivity contribution in [3.05, 3.63) is 72.1 Å². The van der Waals surface area contributed by atoms with Crippen LogP contribution in [0.15, 0.2) is 60.8 Å². The second kappa shape index (κ2) is 7.51. The van der Waals surface area contributed by atoms with Crippen LogP contribution in [0.5, 0.6) is 0 Å². The third-order valence-electron chi connectivity index (χ3n) is 4.43. The average Bonchev–Trinajstić information content (AvgIpc) is 3.32. The van der Waals surface area contributed by atoms with Gasteiger partial charge >= 0.3 is 6.03 Å². The minimum Gasteiger partial charge on any atom is -0.364 e. The molecule has 2 aromatic carbocycles. The van der Waals surface area contributed by atoms with Gasteiger partial charge in [-0.3, -0.25) is 14.4 Å². The topological polar surface area (TPSA) is 139 Å². The van der Waals surface area contributed by atoms with Gasteiger partial charge in [0.1, 0.15) is 0 Å². The molecule has 1 saturated heterocycles. The summed E-state index contributed by atoms with van der Waals surface area (Å²) in [5, 5.41) is 9.18. The van der Waals surface area contributed by atoms with Crippen LogP contribution in [0.2, 0.25) is 0 Å². The number of para-hydroxylation sites is 1. The highest BCUT2D eigenvalue weighted by atomic mass is 16.2. The molecule has 10 nitrogen and oxygen atoms in total. The molecule has 3 aromatic rings. The number of aromatic nitrogens is 2. The molecule has 4 N–H and O–H groups in total. The van der Waals surface area contributed by atoms with Gasteiger partial charge in [0.05, 0.1) is 29.8 Å². The lowest BCUT2D eigenvalue weighted by Gasteiger charge is -2.13. The first kappa shape index (κ1) is 18.9. The first-order chi connectivity index (χ1) is 14.4. The van der Waals surface area contributed by atoms with Gasteiger partial charge in [-0.25, -0.2) is 14.4 Å². The van der Waals surface area contributed by atoms with Crippen molar-refractivity contribution < 1.29 is 19.2 Å². The molecule has 0 unspecified atom stereocenters. The Kier molecular flexibility index (Phi) is 4.72. The van der Waals surface area contributed by atoms with Gasteiger partial charge in [-0.2, -0.15) is 5.10 Å². The van der Waals surface area contributed by atoms with Gasteiger partial charge < -0.3 is 16.4 Å². The largest absolute Gasteiger partial charge is 0.364 e. The predicted molar refractivity (Wildman–Crippen MR) is 107 cm³/mol. The third-order valence-corrected chi connectivity index (χ3v) is 4.43. The zero-order valence-corrected chi connectivity index (χ0v) is 15.5. The summed E-state index contributed by atoms with van der Waals surface area (Å²) in [6, 6.07) is 14.5. The number of nitrogens with two attached hydrogens (primary N) is 1. The maximum atomic E-state index is 12.8. The van der Waals surface area contributed by atoms with E-state index in [9.17, 15) is 19.2 Å². The Bertz CT molecular complexity index is 1160. The van der Waals surface area contributed by atoms with E-state index in [4.69, 9.17) is 5.73 Å². The van der Waals surface area contributed by atoms with Gasteiger partial charge in [-0.05, 0) is 30.3 Å². The summed E-state index contributed by atoms with van der Waals surface area (Å²) in [6.07, 6.45) is 1.48. The summed E-state index contributed by atoms with van der Waals surface area (Å²) >= 11 is 0. The molecule has 0 radical (unpaired) electrons. The number of benzene rings is 2. The number of urea groups is 1. The molecular weight excluding hydrogens is 388 g/mol. The zero-order chi connectivity index (χ0) is 21.3. The van der Waals surface area contributed by atoms with E-state index in [2.05, 4.69) is 15.7 Å². The fourth-order valence-electron chi connectivity index (χ4n) is 3.02. The molecule has 10 heteroatoms. The number of nitrogens with one attached hydrogen (secondary N) is 2. The lowest BCUT2D eigenvalue weighted by atomic mass is 10.1. The summed E-state index contributed by atoms with van der Waals surface area (Å²) in [7, 11) is 0. The van der Waals surface area contributed by atoms with Crippen molar-refractivity contribution in [3.63, 3.8) is 0 Å². The molecule has 0 saturated carbocycles. The van der Waals surface area contributed by atoms with Crippen molar-refractivity contribution in [3.8, 4) is 5.69 Å². The molecular formula is C20H16N6O4. The molecule has 1 aliphatic heterocycles. The van der Waals surface area contributed by atoms with Gasteiger partial charge in [0, 0.05) is 5.56 Å². The molecule has 1 aromatic heterocycles. The Hall–Kier alpha value is -4.47. The number of hydrogen-bond acceptors (Lipinski definition) is 5. The number of anilines is 2. The highest BCUT2D eigenvalue weighted by Crippen LogP contribution is 2.21. The molecule has 5 amide bonds. The van der Waals surface area contributed by atoms with E-state index in [0.717, 1.165) is 4.90 Å². The molecule has 1 aliphatic rings. The van der Waals surface area contributed by atoms with E-state index in [0.29, 0.717) is 5.69 Å². The van der Waals surface area contributed by atoms with Gasteiger partial charge in [-0.15, -0.1) is 0 Å². The monoisotopic (exact) mass is 404 g/mol. The fourth-order valence-corrected chi connectivity index (χ4v) is 3.02. The van der Waals surface area contributed by atoms with Crippen LogP contribution in [0.25, 0.3) is 5.69 Å². The molecule has 30 heavy (non-hydrogen) atoms. The fraction of sp³-hybridized carbons (Fsp3) is 0.0500. The van der Waals surface area contributed by atoms with Crippen LogP contribution in [0.3, 0.4) is 0 Å². The highest BCUT2D eigenvalue weighted by Gasteiger charge is 2.30. The van der Waals surface area contributed by atoms with Gasteiger partial charge in [0.2, 0.25) is 0 Å². The van der Waals surface area contributed by atoms with Crippen molar-refractivity contribution in [2.45, 2.75) is 0 Å². The van der Waals surface area contributed by atoms with Crippen LogP contribution in [0.1, 0.15) is 20.8 Å². The highest BCUT2D eigenvalue weighted by molar-refractivity contribution is 6.20. The summed E-state index contributed by atoms with van der Waals surface area (Å²) < 4.78 is 1.43. The number of primary amides is 1. The zero-order valence-electron chi connectivity index (χ0n) is 15.5. The normalized spacial score (nSPS) is 13.3. The van der Waals surface area contributed by atoms with E-state index in [1.54, 1.807) is 36.4 Å². The maximum absolute atomic E-state index is 12.8. The second-order valence-corrected chi connectivity index (χ2v) is 6.43.